The highest BCUT2D eigenvalue weighted by molar-refractivity contribution is 7.79. The molecule has 1 rings (SSSR count). The van der Waals surface area contributed by atoms with E-state index in [4.69, 9.17) is 9.29 Å². The molecule has 1 heterocycles. The van der Waals surface area contributed by atoms with Gasteiger partial charge < -0.3 is 9.29 Å². The van der Waals surface area contributed by atoms with E-state index in [1.165, 1.54) is 0 Å². The van der Waals surface area contributed by atoms with Crippen LogP contribution in [0, 0.1) is 0 Å². The van der Waals surface area contributed by atoms with Crippen molar-refractivity contribution in [3.8, 4) is 5.88 Å². The van der Waals surface area contributed by atoms with Crippen molar-refractivity contribution in [1.29, 1.82) is 0 Å². The topological polar surface area (TPSA) is 59.4 Å². The van der Waals surface area contributed by atoms with E-state index in [9.17, 15) is 4.21 Å². The van der Waals surface area contributed by atoms with Crippen LogP contribution in [0.3, 0.4) is 0 Å². The second-order valence-corrected chi connectivity index (χ2v) is 4.25. The van der Waals surface area contributed by atoms with E-state index >= 15 is 0 Å². The molecule has 14 heavy (non-hydrogen) atoms. The summed E-state index contributed by atoms with van der Waals surface area (Å²) in [6.07, 6.45) is 2.18. The Bertz CT molecular complexity index is 291. The van der Waals surface area contributed by atoms with Gasteiger partial charge in [0.15, 0.2) is 11.1 Å². The van der Waals surface area contributed by atoms with Crippen molar-refractivity contribution in [3.05, 3.63) is 24.4 Å². The zero-order chi connectivity index (χ0) is 10.4. The summed E-state index contributed by atoms with van der Waals surface area (Å²) in [4.78, 5) is 3.96. The number of rotatable bonds is 5. The molecular formula is C9H13NO3S. The predicted molar refractivity (Wildman–Crippen MR) is 54.6 cm³/mol. The Morgan fingerprint density at radius 2 is 2.43 bits per heavy atom. The Kier molecular flexibility index (Phi) is 4.55. The largest absolute Gasteiger partial charge is 0.478 e. The maximum atomic E-state index is 10.6. The highest BCUT2D eigenvalue weighted by Gasteiger charge is 2.07. The summed E-state index contributed by atoms with van der Waals surface area (Å²) >= 11 is -1.77. The van der Waals surface area contributed by atoms with Gasteiger partial charge in [-0.3, -0.25) is 0 Å². The third-order valence-corrected chi connectivity index (χ3v) is 2.68. The number of ether oxygens (including phenoxy) is 1. The highest BCUT2D eigenvalue weighted by Crippen LogP contribution is 2.05. The Morgan fingerprint density at radius 3 is 3.00 bits per heavy atom. The predicted octanol–water partition coefficient (Wildman–Crippen LogP) is 1.46. The first-order chi connectivity index (χ1) is 6.70. The van der Waals surface area contributed by atoms with Crippen LogP contribution in [0.4, 0.5) is 0 Å². The molecule has 2 unspecified atom stereocenters. The van der Waals surface area contributed by atoms with Gasteiger partial charge in [-0.25, -0.2) is 9.19 Å². The Labute approximate surface area is 85.6 Å². The van der Waals surface area contributed by atoms with Crippen LogP contribution in [0.5, 0.6) is 5.88 Å². The molecule has 0 aromatic carbocycles. The second kappa shape index (κ2) is 5.72. The third kappa shape index (κ3) is 3.85. The van der Waals surface area contributed by atoms with Crippen molar-refractivity contribution >= 4 is 11.1 Å². The first-order valence-corrected chi connectivity index (χ1v) is 5.50. The summed E-state index contributed by atoms with van der Waals surface area (Å²) < 4.78 is 24.6. The molecule has 0 amide bonds. The standard InChI is InChI=1S/C9H13NO3S/c1-8(14(11)12)5-7-13-9-4-2-3-6-10-9/h2-4,6,8H,5,7H2,1H3,(H,11,12). The van der Waals surface area contributed by atoms with Crippen LogP contribution in [-0.4, -0.2) is 25.6 Å². The van der Waals surface area contributed by atoms with E-state index in [0.29, 0.717) is 18.9 Å². The molecule has 1 N–H and O–H groups in total. The van der Waals surface area contributed by atoms with Gasteiger partial charge in [0.1, 0.15) is 0 Å². The molecule has 0 saturated carbocycles. The van der Waals surface area contributed by atoms with E-state index in [1.807, 2.05) is 6.07 Å². The normalized spacial score (nSPS) is 14.7. The van der Waals surface area contributed by atoms with Gasteiger partial charge in [0, 0.05) is 12.3 Å². The number of aromatic nitrogens is 1. The molecule has 5 heteroatoms. The molecule has 1 aromatic heterocycles. The van der Waals surface area contributed by atoms with Crippen molar-refractivity contribution in [3.63, 3.8) is 0 Å². The fourth-order valence-corrected chi connectivity index (χ4v) is 1.16. The molecule has 0 bridgehead atoms. The molecule has 1 aromatic rings. The van der Waals surface area contributed by atoms with E-state index in [2.05, 4.69) is 4.98 Å². The second-order valence-electron chi connectivity index (χ2n) is 2.89. The van der Waals surface area contributed by atoms with Gasteiger partial charge in [0.2, 0.25) is 5.88 Å². The quantitative estimate of drug-likeness (QED) is 0.755. The van der Waals surface area contributed by atoms with E-state index in [1.54, 1.807) is 25.3 Å². The van der Waals surface area contributed by atoms with Gasteiger partial charge >= 0.3 is 0 Å². The molecule has 0 spiro atoms. The van der Waals surface area contributed by atoms with Crippen LogP contribution in [-0.2, 0) is 11.1 Å². The lowest BCUT2D eigenvalue weighted by Gasteiger charge is -2.07. The molecule has 4 nitrogen and oxygen atoms in total. The molecule has 0 aliphatic carbocycles. The average molecular weight is 215 g/mol. The fourth-order valence-electron chi connectivity index (χ4n) is 0.863. The molecule has 0 fully saturated rings. The zero-order valence-electron chi connectivity index (χ0n) is 7.92. The summed E-state index contributed by atoms with van der Waals surface area (Å²) in [6.45, 7) is 2.11. The minimum absolute atomic E-state index is 0.265. The minimum Gasteiger partial charge on any atom is -0.478 e. The van der Waals surface area contributed by atoms with Crippen molar-refractivity contribution in [2.45, 2.75) is 18.6 Å². The van der Waals surface area contributed by atoms with E-state index in [-0.39, 0.29) is 5.25 Å². The summed E-state index contributed by atoms with van der Waals surface area (Å²) in [5, 5.41) is -0.265. The van der Waals surface area contributed by atoms with Crippen molar-refractivity contribution in [2.75, 3.05) is 6.61 Å². The van der Waals surface area contributed by atoms with Crippen LogP contribution < -0.4 is 4.74 Å². The monoisotopic (exact) mass is 215 g/mol. The van der Waals surface area contributed by atoms with Crippen LogP contribution in [0.1, 0.15) is 13.3 Å². The van der Waals surface area contributed by atoms with Gasteiger partial charge in [-0.15, -0.1) is 0 Å². The average Bonchev–Trinajstić information content (AvgIpc) is 2.19. The number of nitrogens with zero attached hydrogens (tertiary/aromatic N) is 1. The van der Waals surface area contributed by atoms with Crippen molar-refractivity contribution in [1.82, 2.24) is 4.98 Å². The Hall–Kier alpha value is -0.940. The molecule has 0 radical (unpaired) electrons. The first kappa shape index (κ1) is 11.1. The summed E-state index contributed by atoms with van der Waals surface area (Å²) in [5.74, 6) is 0.545. The smallest absolute Gasteiger partial charge is 0.213 e. The maximum Gasteiger partial charge on any atom is 0.213 e. The van der Waals surface area contributed by atoms with Crippen LogP contribution in [0.15, 0.2) is 24.4 Å². The molecular weight excluding hydrogens is 202 g/mol. The van der Waals surface area contributed by atoms with Gasteiger partial charge in [0.25, 0.3) is 0 Å². The molecule has 0 aliphatic heterocycles. The SMILES string of the molecule is CC(CCOc1ccccn1)S(=O)O. The van der Waals surface area contributed by atoms with Crippen molar-refractivity contribution < 1.29 is 13.5 Å². The Morgan fingerprint density at radius 1 is 1.64 bits per heavy atom. The third-order valence-electron chi connectivity index (χ3n) is 1.76. The van der Waals surface area contributed by atoms with Crippen LogP contribution in [0.25, 0.3) is 0 Å². The van der Waals surface area contributed by atoms with Crippen LogP contribution in [0.2, 0.25) is 0 Å². The minimum atomic E-state index is -1.77. The van der Waals surface area contributed by atoms with E-state index in [0.717, 1.165) is 0 Å². The highest BCUT2D eigenvalue weighted by atomic mass is 32.2. The number of hydrogen-bond acceptors (Lipinski definition) is 3. The summed E-state index contributed by atoms with van der Waals surface area (Å²) in [7, 11) is 0. The Balaban J connectivity index is 2.26. The van der Waals surface area contributed by atoms with Gasteiger partial charge in [-0.2, -0.15) is 0 Å². The number of hydrogen-bond donors (Lipinski definition) is 1. The van der Waals surface area contributed by atoms with Crippen LogP contribution >= 0.6 is 0 Å². The van der Waals surface area contributed by atoms with Crippen molar-refractivity contribution in [2.24, 2.45) is 0 Å². The first-order valence-electron chi connectivity index (χ1n) is 4.33. The maximum absolute atomic E-state index is 10.6. The molecule has 0 aliphatic rings. The van der Waals surface area contributed by atoms with Gasteiger partial charge in [-0.05, 0) is 19.4 Å². The fraction of sp³-hybridized carbons (Fsp3) is 0.444. The molecule has 2 atom stereocenters. The lowest BCUT2D eigenvalue weighted by atomic mass is 10.3. The lowest BCUT2D eigenvalue weighted by molar-refractivity contribution is 0.297. The number of pyridine rings is 1. The molecule has 0 saturated heterocycles. The summed E-state index contributed by atoms with van der Waals surface area (Å²) in [6, 6.07) is 5.38. The van der Waals surface area contributed by atoms with Gasteiger partial charge in [0.05, 0.1) is 11.9 Å². The molecule has 78 valence electrons. The summed E-state index contributed by atoms with van der Waals surface area (Å²) in [5.41, 5.74) is 0. The van der Waals surface area contributed by atoms with Gasteiger partial charge in [-0.1, -0.05) is 6.07 Å². The zero-order valence-corrected chi connectivity index (χ0v) is 8.74. The van der Waals surface area contributed by atoms with E-state index < -0.39 is 11.1 Å². The lowest BCUT2D eigenvalue weighted by Crippen LogP contribution is -2.14.